The maximum Gasteiger partial charge on any atom is 0.335 e. The van der Waals surface area contributed by atoms with Gasteiger partial charge in [0.2, 0.25) is 0 Å². The number of carboxylic acids is 2. The number of pyridine rings is 1. The van der Waals surface area contributed by atoms with Gasteiger partial charge in [-0.05, 0) is 38.0 Å². The number of ether oxygens (including phenoxy) is 1. The van der Waals surface area contributed by atoms with Gasteiger partial charge in [0.05, 0.1) is 16.2 Å². The first-order valence-corrected chi connectivity index (χ1v) is 14.0. The summed E-state index contributed by atoms with van der Waals surface area (Å²) in [7, 11) is 0. The molecular formula is C26H28ClF2N5O8S. The number of hydrogen-bond acceptors (Lipinski definition) is 11. The zero-order valence-electron chi connectivity index (χ0n) is 22.6. The minimum atomic E-state index is -3.00. The normalized spacial score (nSPS) is 18.9. The Labute approximate surface area is 252 Å². The Morgan fingerprint density at radius 3 is 2.49 bits per heavy atom. The van der Waals surface area contributed by atoms with E-state index in [1.807, 2.05) is 13.1 Å². The second-order valence-electron chi connectivity index (χ2n) is 9.97. The Bertz CT molecular complexity index is 1490. The fraction of sp³-hybridized carbons (Fsp3) is 0.423. The lowest BCUT2D eigenvalue weighted by atomic mass is 9.84. The molecule has 13 nitrogen and oxygen atoms in total. The van der Waals surface area contributed by atoms with Gasteiger partial charge in [-0.15, -0.1) is 11.3 Å². The molecule has 0 aromatic carbocycles. The summed E-state index contributed by atoms with van der Waals surface area (Å²) in [4.78, 5) is 26.7. The number of carbonyl (C=O) groups is 2. The van der Waals surface area contributed by atoms with Crippen molar-refractivity contribution >= 4 is 41.1 Å². The summed E-state index contributed by atoms with van der Waals surface area (Å²) in [6.07, 6.45) is 1.61. The van der Waals surface area contributed by atoms with Gasteiger partial charge < -0.3 is 30.4 Å². The summed E-state index contributed by atoms with van der Waals surface area (Å²) in [6.45, 7) is 3.41. The SMILES string of the molecule is Cc1nn(-c2ncccc2C=NO)cc1CN1CCC2(CC1)OCC(F)(F)c1cc(Cl)sc12.O=C(O)[C@H](O)[C@@H](O)C(=O)O. The summed E-state index contributed by atoms with van der Waals surface area (Å²) in [5.41, 5.74) is 1.88. The number of piperidine rings is 1. The Balaban J connectivity index is 0.000000365. The van der Waals surface area contributed by atoms with E-state index in [-0.39, 0.29) is 5.56 Å². The summed E-state index contributed by atoms with van der Waals surface area (Å²) >= 11 is 7.31. The average Bonchev–Trinajstić information content (AvgIpc) is 3.55. The van der Waals surface area contributed by atoms with Crippen molar-refractivity contribution in [3.05, 3.63) is 62.2 Å². The third-order valence-electron chi connectivity index (χ3n) is 7.13. The van der Waals surface area contributed by atoms with Crippen LogP contribution in [0.3, 0.4) is 0 Å². The summed E-state index contributed by atoms with van der Waals surface area (Å²) in [5.74, 6) is -5.97. The number of nitrogens with zero attached hydrogens (tertiary/aromatic N) is 5. The third-order valence-corrected chi connectivity index (χ3v) is 8.58. The highest BCUT2D eigenvalue weighted by molar-refractivity contribution is 7.16. The largest absolute Gasteiger partial charge is 0.479 e. The van der Waals surface area contributed by atoms with Crippen molar-refractivity contribution in [1.29, 1.82) is 0 Å². The minimum Gasteiger partial charge on any atom is -0.479 e. The highest BCUT2D eigenvalue weighted by atomic mass is 35.5. The first kappa shape index (κ1) is 32.4. The molecule has 3 aromatic heterocycles. The van der Waals surface area contributed by atoms with E-state index in [0.717, 1.165) is 11.3 Å². The van der Waals surface area contributed by atoms with E-state index in [4.69, 9.17) is 42.0 Å². The molecule has 43 heavy (non-hydrogen) atoms. The summed E-state index contributed by atoms with van der Waals surface area (Å²) in [5, 5.41) is 49.1. The van der Waals surface area contributed by atoms with Gasteiger partial charge in [0, 0.05) is 53.6 Å². The number of alkyl halides is 2. The van der Waals surface area contributed by atoms with Crippen LogP contribution in [0.25, 0.3) is 5.82 Å². The number of thiophene rings is 1. The molecule has 5 rings (SSSR count). The van der Waals surface area contributed by atoms with Crippen LogP contribution in [0.15, 0.2) is 35.7 Å². The zero-order valence-corrected chi connectivity index (χ0v) is 24.2. The number of likely N-dealkylation sites (tertiary alicyclic amines) is 1. The van der Waals surface area contributed by atoms with E-state index >= 15 is 0 Å². The molecule has 232 valence electrons. The van der Waals surface area contributed by atoms with Gasteiger partial charge >= 0.3 is 11.9 Å². The number of rotatable bonds is 7. The van der Waals surface area contributed by atoms with Crippen LogP contribution in [0, 0.1) is 6.92 Å². The first-order chi connectivity index (χ1) is 20.3. The van der Waals surface area contributed by atoms with Crippen LogP contribution in [0.4, 0.5) is 8.78 Å². The number of aliphatic hydroxyl groups excluding tert-OH is 2. The van der Waals surface area contributed by atoms with Crippen LogP contribution >= 0.6 is 22.9 Å². The molecule has 17 heteroatoms. The monoisotopic (exact) mass is 643 g/mol. The third kappa shape index (κ3) is 7.00. The maximum absolute atomic E-state index is 14.4. The number of aromatic nitrogens is 3. The zero-order chi connectivity index (χ0) is 31.5. The van der Waals surface area contributed by atoms with E-state index in [1.165, 1.54) is 23.6 Å². The molecule has 5 heterocycles. The van der Waals surface area contributed by atoms with Crippen molar-refractivity contribution in [2.45, 2.75) is 50.0 Å². The molecule has 0 radical (unpaired) electrons. The van der Waals surface area contributed by atoms with Crippen molar-refractivity contribution < 1.29 is 48.7 Å². The smallest absolute Gasteiger partial charge is 0.335 e. The Hall–Kier alpha value is -3.54. The molecule has 2 aliphatic rings. The molecule has 0 unspecified atom stereocenters. The van der Waals surface area contributed by atoms with Gasteiger partial charge in [0.15, 0.2) is 18.0 Å². The van der Waals surface area contributed by atoms with Crippen LogP contribution < -0.4 is 0 Å². The van der Waals surface area contributed by atoms with Crippen LogP contribution in [-0.2, 0) is 32.4 Å². The van der Waals surface area contributed by atoms with E-state index in [1.54, 1.807) is 23.0 Å². The Morgan fingerprint density at radius 1 is 1.23 bits per heavy atom. The lowest BCUT2D eigenvalue weighted by Gasteiger charge is -2.45. The molecule has 2 atom stereocenters. The lowest BCUT2D eigenvalue weighted by molar-refractivity contribution is -0.182. The van der Waals surface area contributed by atoms with Crippen molar-refractivity contribution in [3.63, 3.8) is 0 Å². The lowest BCUT2D eigenvalue weighted by Crippen LogP contribution is -2.48. The topological polar surface area (TPSA) is 191 Å². The van der Waals surface area contributed by atoms with E-state index < -0.39 is 42.3 Å². The highest BCUT2D eigenvalue weighted by Gasteiger charge is 2.51. The van der Waals surface area contributed by atoms with Gasteiger partial charge in [-0.25, -0.2) is 19.3 Å². The van der Waals surface area contributed by atoms with Crippen LogP contribution in [0.5, 0.6) is 0 Å². The Kier molecular flexibility index (Phi) is 9.78. The predicted molar refractivity (Wildman–Crippen MR) is 148 cm³/mol. The number of oxime groups is 1. The molecule has 2 aliphatic heterocycles. The predicted octanol–water partition coefficient (Wildman–Crippen LogP) is 2.59. The van der Waals surface area contributed by atoms with Crippen molar-refractivity contribution in [3.8, 4) is 5.82 Å². The second-order valence-corrected chi connectivity index (χ2v) is 11.7. The van der Waals surface area contributed by atoms with E-state index in [2.05, 4.69) is 20.1 Å². The number of fused-ring (bicyclic) bond motifs is 2. The number of aliphatic carboxylic acids is 2. The van der Waals surface area contributed by atoms with Gasteiger partial charge in [-0.2, -0.15) is 13.9 Å². The van der Waals surface area contributed by atoms with Crippen LogP contribution in [0.2, 0.25) is 4.34 Å². The quantitative estimate of drug-likeness (QED) is 0.144. The number of aryl methyl sites for hydroxylation is 1. The van der Waals surface area contributed by atoms with E-state index in [0.29, 0.717) is 53.1 Å². The van der Waals surface area contributed by atoms with Gasteiger partial charge in [0.25, 0.3) is 5.92 Å². The fourth-order valence-electron chi connectivity index (χ4n) is 4.82. The summed E-state index contributed by atoms with van der Waals surface area (Å²) in [6, 6.07) is 4.95. The maximum atomic E-state index is 14.4. The van der Waals surface area contributed by atoms with Gasteiger partial charge in [-0.1, -0.05) is 16.8 Å². The van der Waals surface area contributed by atoms with Gasteiger partial charge in [-0.3, -0.25) is 4.90 Å². The van der Waals surface area contributed by atoms with Crippen LogP contribution in [0.1, 0.15) is 40.1 Å². The molecule has 1 fully saturated rings. The number of carboxylic acid groups (broad SMARTS) is 2. The van der Waals surface area contributed by atoms with Crippen molar-refractivity contribution in [2.75, 3.05) is 19.7 Å². The number of aliphatic hydroxyl groups is 2. The van der Waals surface area contributed by atoms with Crippen LogP contribution in [-0.4, -0.2) is 95.4 Å². The molecule has 0 amide bonds. The van der Waals surface area contributed by atoms with E-state index in [9.17, 15) is 18.4 Å². The molecule has 0 bridgehead atoms. The van der Waals surface area contributed by atoms with Gasteiger partial charge in [0.1, 0.15) is 12.2 Å². The Morgan fingerprint density at radius 2 is 1.88 bits per heavy atom. The standard InChI is InChI=1S/C22H22ClF2N5O2S.C4H6O6/c1-14-16(12-30(28-14)20-15(10-27-31)3-2-6-26-20)11-29-7-4-21(5-8-29)19-17(9-18(23)33-19)22(24,25)13-32-21;5-1(3(7)8)2(6)4(9)10/h2-3,6,9-10,12,31H,4-5,7-8,11,13H2,1H3;1-2,5-6H,(H,7,8)(H,9,10)/t;1-,2-/m.1/s1. The fourth-order valence-corrected chi connectivity index (χ4v) is 6.30. The second kappa shape index (κ2) is 13.0. The molecule has 0 aliphatic carbocycles. The number of halogens is 3. The molecule has 5 N–H and O–H groups in total. The molecule has 0 saturated carbocycles. The van der Waals surface area contributed by atoms with Crippen molar-refractivity contribution in [1.82, 2.24) is 19.7 Å². The molecule has 3 aromatic rings. The highest BCUT2D eigenvalue weighted by Crippen LogP contribution is 2.52. The molecule has 1 spiro atoms. The first-order valence-electron chi connectivity index (χ1n) is 12.8. The van der Waals surface area contributed by atoms with Crippen molar-refractivity contribution in [2.24, 2.45) is 5.16 Å². The number of hydrogen-bond donors (Lipinski definition) is 5. The minimum absolute atomic E-state index is 0.0203. The molecular weight excluding hydrogens is 616 g/mol. The average molecular weight is 644 g/mol. The summed E-state index contributed by atoms with van der Waals surface area (Å²) < 4.78 is 36.6. The molecule has 1 saturated heterocycles.